The minimum atomic E-state index is 0.494. The molecule has 3 aromatic rings. The summed E-state index contributed by atoms with van der Waals surface area (Å²) in [5.41, 5.74) is 8.86. The van der Waals surface area contributed by atoms with Gasteiger partial charge in [-0.1, -0.05) is 6.92 Å². The van der Waals surface area contributed by atoms with Gasteiger partial charge in [0.1, 0.15) is 11.3 Å². The lowest BCUT2D eigenvalue weighted by Gasteiger charge is -2.01. The summed E-state index contributed by atoms with van der Waals surface area (Å²) in [6, 6.07) is 4.11. The number of nitrogens with two attached hydrogens (primary N) is 1. The zero-order valence-electron chi connectivity index (χ0n) is 9.51. The van der Waals surface area contributed by atoms with Gasteiger partial charge in [0.15, 0.2) is 11.6 Å². The molecule has 86 valence electrons. The standard InChI is InChI=1S/C12H13N5/c1-2-8-3-6-17-9(7-8)16-11(13)10(17)12-14-4-5-15-12/h3-7H,2,13H2,1H3,(H,14,15). The van der Waals surface area contributed by atoms with E-state index >= 15 is 0 Å². The lowest BCUT2D eigenvalue weighted by Crippen LogP contribution is -1.93. The number of aryl methyl sites for hydroxylation is 1. The zero-order chi connectivity index (χ0) is 11.8. The van der Waals surface area contributed by atoms with Gasteiger partial charge in [-0.2, -0.15) is 0 Å². The van der Waals surface area contributed by atoms with E-state index in [1.807, 2.05) is 16.7 Å². The van der Waals surface area contributed by atoms with E-state index in [1.54, 1.807) is 12.4 Å². The molecule has 0 spiro atoms. The van der Waals surface area contributed by atoms with Gasteiger partial charge in [0.25, 0.3) is 0 Å². The van der Waals surface area contributed by atoms with Crippen molar-refractivity contribution in [2.24, 2.45) is 0 Å². The van der Waals surface area contributed by atoms with E-state index in [1.165, 1.54) is 5.56 Å². The second kappa shape index (κ2) is 3.62. The van der Waals surface area contributed by atoms with Gasteiger partial charge in [-0.05, 0) is 24.1 Å². The number of anilines is 1. The minimum Gasteiger partial charge on any atom is -0.382 e. The molecule has 0 fully saturated rings. The van der Waals surface area contributed by atoms with Crippen molar-refractivity contribution in [3.8, 4) is 11.5 Å². The fraction of sp³-hybridized carbons (Fsp3) is 0.167. The Morgan fingerprint density at radius 1 is 1.47 bits per heavy atom. The van der Waals surface area contributed by atoms with Crippen molar-refractivity contribution in [2.75, 3.05) is 5.73 Å². The molecule has 3 heterocycles. The first-order chi connectivity index (χ1) is 8.29. The van der Waals surface area contributed by atoms with Crippen molar-refractivity contribution in [1.29, 1.82) is 0 Å². The lowest BCUT2D eigenvalue weighted by molar-refractivity contribution is 1.09. The van der Waals surface area contributed by atoms with Gasteiger partial charge in [0.05, 0.1) is 0 Å². The Balaban J connectivity index is 2.29. The van der Waals surface area contributed by atoms with Gasteiger partial charge in [-0.15, -0.1) is 0 Å². The molecule has 0 bridgehead atoms. The topological polar surface area (TPSA) is 72.0 Å². The van der Waals surface area contributed by atoms with Crippen LogP contribution in [0.1, 0.15) is 12.5 Å². The first kappa shape index (κ1) is 9.89. The number of rotatable bonds is 2. The maximum absolute atomic E-state index is 5.94. The van der Waals surface area contributed by atoms with Crippen molar-refractivity contribution in [3.05, 3.63) is 36.3 Å². The SMILES string of the molecule is CCc1ccn2c(-c3ncc[nH]3)c(N)nc2c1. The second-order valence-corrected chi connectivity index (χ2v) is 3.90. The highest BCUT2D eigenvalue weighted by Crippen LogP contribution is 2.24. The predicted octanol–water partition coefficient (Wildman–Crippen LogP) is 1.87. The van der Waals surface area contributed by atoms with Crippen LogP contribution in [0.25, 0.3) is 17.2 Å². The monoisotopic (exact) mass is 227 g/mol. The summed E-state index contributed by atoms with van der Waals surface area (Å²) in [7, 11) is 0. The van der Waals surface area contributed by atoms with Crippen LogP contribution >= 0.6 is 0 Å². The number of aromatic nitrogens is 4. The van der Waals surface area contributed by atoms with E-state index in [9.17, 15) is 0 Å². The van der Waals surface area contributed by atoms with Crippen LogP contribution in [-0.2, 0) is 6.42 Å². The number of H-pyrrole nitrogens is 1. The number of imidazole rings is 2. The summed E-state index contributed by atoms with van der Waals surface area (Å²) in [5.74, 6) is 1.23. The molecule has 0 radical (unpaired) electrons. The molecule has 0 aliphatic heterocycles. The summed E-state index contributed by atoms with van der Waals surface area (Å²) < 4.78 is 1.95. The smallest absolute Gasteiger partial charge is 0.158 e. The van der Waals surface area contributed by atoms with Gasteiger partial charge >= 0.3 is 0 Å². The number of fused-ring (bicyclic) bond motifs is 1. The Morgan fingerprint density at radius 3 is 3.06 bits per heavy atom. The van der Waals surface area contributed by atoms with Crippen LogP contribution in [-0.4, -0.2) is 19.4 Å². The van der Waals surface area contributed by atoms with Crippen LogP contribution < -0.4 is 5.73 Å². The third kappa shape index (κ3) is 1.47. The normalized spacial score (nSPS) is 11.1. The number of nitrogens with one attached hydrogen (secondary N) is 1. The third-order valence-corrected chi connectivity index (χ3v) is 2.85. The molecule has 3 aromatic heterocycles. The molecule has 0 aliphatic rings. The van der Waals surface area contributed by atoms with Crippen molar-refractivity contribution in [3.63, 3.8) is 0 Å². The quantitative estimate of drug-likeness (QED) is 0.702. The average molecular weight is 227 g/mol. The highest BCUT2D eigenvalue weighted by molar-refractivity contribution is 5.70. The molecule has 5 nitrogen and oxygen atoms in total. The highest BCUT2D eigenvalue weighted by Gasteiger charge is 2.13. The summed E-state index contributed by atoms with van der Waals surface area (Å²) in [6.45, 7) is 2.12. The van der Waals surface area contributed by atoms with E-state index in [0.29, 0.717) is 5.82 Å². The molecule has 3 N–H and O–H groups in total. The van der Waals surface area contributed by atoms with Crippen LogP contribution in [0.3, 0.4) is 0 Å². The summed E-state index contributed by atoms with van der Waals surface area (Å²) in [4.78, 5) is 11.6. The molecule has 0 saturated heterocycles. The first-order valence-electron chi connectivity index (χ1n) is 5.56. The number of nitrogen functional groups attached to an aromatic ring is 1. The Bertz CT molecular complexity index is 651. The molecular weight excluding hydrogens is 214 g/mol. The summed E-state index contributed by atoms with van der Waals surface area (Å²) in [6.07, 6.45) is 6.44. The van der Waals surface area contributed by atoms with Gasteiger partial charge in [0, 0.05) is 18.6 Å². The molecular formula is C12H13N5. The van der Waals surface area contributed by atoms with E-state index in [4.69, 9.17) is 5.73 Å². The fourth-order valence-corrected chi connectivity index (χ4v) is 1.96. The lowest BCUT2D eigenvalue weighted by atomic mass is 10.2. The van der Waals surface area contributed by atoms with Crippen LogP contribution in [0.2, 0.25) is 0 Å². The van der Waals surface area contributed by atoms with Gasteiger partial charge in [-0.25, -0.2) is 9.97 Å². The maximum atomic E-state index is 5.94. The maximum Gasteiger partial charge on any atom is 0.158 e. The molecule has 0 unspecified atom stereocenters. The van der Waals surface area contributed by atoms with Crippen LogP contribution in [0.5, 0.6) is 0 Å². The largest absolute Gasteiger partial charge is 0.382 e. The zero-order valence-corrected chi connectivity index (χ0v) is 9.51. The van der Waals surface area contributed by atoms with Crippen molar-refractivity contribution >= 4 is 11.5 Å². The number of hydrogen-bond acceptors (Lipinski definition) is 3. The molecule has 17 heavy (non-hydrogen) atoms. The average Bonchev–Trinajstić information content (AvgIpc) is 2.93. The van der Waals surface area contributed by atoms with Crippen molar-refractivity contribution < 1.29 is 0 Å². The van der Waals surface area contributed by atoms with Crippen molar-refractivity contribution in [2.45, 2.75) is 13.3 Å². The molecule has 0 aromatic carbocycles. The Morgan fingerprint density at radius 2 is 2.35 bits per heavy atom. The molecule has 0 aliphatic carbocycles. The van der Waals surface area contributed by atoms with Crippen LogP contribution in [0.4, 0.5) is 5.82 Å². The fourth-order valence-electron chi connectivity index (χ4n) is 1.96. The summed E-state index contributed by atoms with van der Waals surface area (Å²) in [5, 5.41) is 0. The van der Waals surface area contributed by atoms with Crippen molar-refractivity contribution in [1.82, 2.24) is 19.4 Å². The molecule has 3 rings (SSSR count). The second-order valence-electron chi connectivity index (χ2n) is 3.90. The van der Waals surface area contributed by atoms with Gasteiger partial charge in [-0.3, -0.25) is 4.40 Å². The van der Waals surface area contributed by atoms with E-state index < -0.39 is 0 Å². The molecule has 5 heteroatoms. The Kier molecular flexibility index (Phi) is 2.11. The van der Waals surface area contributed by atoms with E-state index in [0.717, 1.165) is 23.6 Å². The molecule has 0 saturated carbocycles. The minimum absolute atomic E-state index is 0.494. The Hall–Kier alpha value is -2.30. The van der Waals surface area contributed by atoms with Crippen LogP contribution in [0.15, 0.2) is 30.7 Å². The van der Waals surface area contributed by atoms with E-state index in [-0.39, 0.29) is 0 Å². The predicted molar refractivity (Wildman–Crippen MR) is 66.6 cm³/mol. The van der Waals surface area contributed by atoms with Gasteiger partial charge < -0.3 is 10.7 Å². The Labute approximate surface area is 98.3 Å². The highest BCUT2D eigenvalue weighted by atomic mass is 15.1. The number of nitrogens with zero attached hydrogens (tertiary/aromatic N) is 3. The first-order valence-corrected chi connectivity index (χ1v) is 5.56. The molecule has 0 atom stereocenters. The van der Waals surface area contributed by atoms with E-state index in [2.05, 4.69) is 27.9 Å². The number of aromatic amines is 1. The molecule has 0 amide bonds. The third-order valence-electron chi connectivity index (χ3n) is 2.85. The summed E-state index contributed by atoms with van der Waals surface area (Å²) >= 11 is 0. The van der Waals surface area contributed by atoms with Gasteiger partial charge in [0.2, 0.25) is 0 Å². The number of hydrogen-bond donors (Lipinski definition) is 2. The van der Waals surface area contributed by atoms with Crippen LogP contribution in [0, 0.1) is 0 Å². The number of pyridine rings is 1.